The largest absolute Gasteiger partial charge is 0.484 e. The van der Waals surface area contributed by atoms with Crippen molar-refractivity contribution in [1.82, 2.24) is 9.80 Å². The fraction of sp³-hybridized carbons (Fsp3) is 0.615. The van der Waals surface area contributed by atoms with Crippen LogP contribution in [-0.2, 0) is 23.9 Å². The lowest BCUT2D eigenvalue weighted by Crippen LogP contribution is -2.49. The van der Waals surface area contributed by atoms with Crippen LogP contribution in [-0.4, -0.2) is 78.5 Å². The number of carbonyl (C=O) groups is 4. The quantitative estimate of drug-likeness (QED) is 0.519. The Bertz CT molecular complexity index is 883. The van der Waals surface area contributed by atoms with Crippen molar-refractivity contribution in [2.45, 2.75) is 65.0 Å². The molecule has 0 spiro atoms. The average Bonchev–Trinajstić information content (AvgIpc) is 2.86. The number of esters is 2. The highest BCUT2D eigenvalue weighted by Crippen LogP contribution is 2.23. The number of rotatable bonds is 8. The highest BCUT2D eigenvalue weighted by atomic mass is 16.5. The summed E-state index contributed by atoms with van der Waals surface area (Å²) in [6, 6.07) is 6.72. The van der Waals surface area contributed by atoms with E-state index in [0.717, 1.165) is 19.3 Å². The van der Waals surface area contributed by atoms with Gasteiger partial charge in [0.25, 0.3) is 11.8 Å². The highest BCUT2D eigenvalue weighted by Gasteiger charge is 2.30. The predicted octanol–water partition coefficient (Wildman–Crippen LogP) is 2.81. The fourth-order valence-corrected chi connectivity index (χ4v) is 4.75. The molecule has 2 aliphatic rings. The van der Waals surface area contributed by atoms with Gasteiger partial charge in [0.05, 0.1) is 18.1 Å². The van der Waals surface area contributed by atoms with E-state index in [1.54, 1.807) is 36.1 Å². The smallest absolute Gasteiger partial charge is 0.338 e. The minimum absolute atomic E-state index is 0.0435. The highest BCUT2D eigenvalue weighted by molar-refractivity contribution is 5.91. The van der Waals surface area contributed by atoms with Crippen molar-refractivity contribution < 1.29 is 33.4 Å². The molecule has 9 nitrogen and oxygen atoms in total. The number of likely N-dealkylation sites (tertiary alicyclic amines) is 2. The van der Waals surface area contributed by atoms with Gasteiger partial charge in [-0.1, -0.05) is 0 Å². The number of hydrogen-bond donors (Lipinski definition) is 0. The molecular weight excluding hydrogens is 452 g/mol. The van der Waals surface area contributed by atoms with Gasteiger partial charge in [-0.3, -0.25) is 14.4 Å². The van der Waals surface area contributed by atoms with Gasteiger partial charge in [-0.2, -0.15) is 0 Å². The van der Waals surface area contributed by atoms with Gasteiger partial charge in [-0.15, -0.1) is 0 Å². The normalized spacial score (nSPS) is 20.8. The molecule has 2 aliphatic heterocycles. The van der Waals surface area contributed by atoms with Crippen molar-refractivity contribution in [3.8, 4) is 5.75 Å². The Morgan fingerprint density at radius 1 is 0.857 bits per heavy atom. The van der Waals surface area contributed by atoms with Gasteiger partial charge in [0, 0.05) is 25.2 Å². The molecule has 192 valence electrons. The Hall–Kier alpha value is -3.10. The number of hydrogen-bond acceptors (Lipinski definition) is 7. The maximum atomic E-state index is 12.6. The van der Waals surface area contributed by atoms with Crippen LogP contribution in [0.3, 0.4) is 0 Å². The van der Waals surface area contributed by atoms with Gasteiger partial charge >= 0.3 is 11.9 Å². The molecule has 2 unspecified atom stereocenters. The molecule has 2 amide bonds. The molecule has 0 radical (unpaired) electrons. The van der Waals surface area contributed by atoms with Crippen LogP contribution in [0, 0.1) is 5.92 Å². The third-order valence-electron chi connectivity index (χ3n) is 6.73. The zero-order valence-corrected chi connectivity index (χ0v) is 20.9. The van der Waals surface area contributed by atoms with Gasteiger partial charge in [-0.25, -0.2) is 4.79 Å². The van der Waals surface area contributed by atoms with Crippen molar-refractivity contribution in [2.75, 3.05) is 32.9 Å². The molecule has 0 N–H and O–H groups in total. The van der Waals surface area contributed by atoms with E-state index in [4.69, 9.17) is 14.2 Å². The molecule has 2 heterocycles. The van der Waals surface area contributed by atoms with E-state index in [1.807, 2.05) is 4.90 Å². The zero-order chi connectivity index (χ0) is 25.4. The maximum absolute atomic E-state index is 12.6. The Morgan fingerprint density at radius 2 is 1.49 bits per heavy atom. The van der Waals surface area contributed by atoms with Gasteiger partial charge < -0.3 is 24.0 Å². The summed E-state index contributed by atoms with van der Waals surface area (Å²) < 4.78 is 15.8. The van der Waals surface area contributed by atoms with Crippen LogP contribution in [0.5, 0.6) is 5.75 Å². The third-order valence-corrected chi connectivity index (χ3v) is 6.73. The summed E-state index contributed by atoms with van der Waals surface area (Å²) >= 11 is 0. The van der Waals surface area contributed by atoms with Crippen molar-refractivity contribution in [1.29, 1.82) is 0 Å². The first-order valence-corrected chi connectivity index (χ1v) is 12.5. The van der Waals surface area contributed by atoms with Gasteiger partial charge in [0.15, 0.2) is 13.2 Å². The zero-order valence-electron chi connectivity index (χ0n) is 20.9. The van der Waals surface area contributed by atoms with Crippen LogP contribution < -0.4 is 4.74 Å². The number of carbonyl (C=O) groups excluding carboxylic acids is 4. The Labute approximate surface area is 206 Å². The topological polar surface area (TPSA) is 102 Å². The van der Waals surface area contributed by atoms with Crippen LogP contribution in [0.15, 0.2) is 24.3 Å². The average molecular weight is 489 g/mol. The molecule has 2 fully saturated rings. The standard InChI is InChI=1S/C26H36N2O7/c1-4-33-25(31)21-12-14-27(15-13-21)23(29)16-35-26(32)20-8-10-22(11-9-20)34-17-24(30)28-18(2)6-5-7-19(28)3/h8-11,18-19,21H,4-7,12-17H2,1-3H3. The first-order chi connectivity index (χ1) is 16.8. The lowest BCUT2D eigenvalue weighted by molar-refractivity contribution is -0.151. The molecule has 0 saturated carbocycles. The van der Waals surface area contributed by atoms with Gasteiger partial charge in [-0.05, 0) is 77.1 Å². The molecule has 1 aromatic rings. The van der Waals surface area contributed by atoms with E-state index in [0.29, 0.717) is 38.3 Å². The predicted molar refractivity (Wildman–Crippen MR) is 128 cm³/mol. The Kier molecular flexibility index (Phi) is 9.51. The van der Waals surface area contributed by atoms with Gasteiger partial charge in [0.1, 0.15) is 5.75 Å². The lowest BCUT2D eigenvalue weighted by atomic mass is 9.97. The van der Waals surface area contributed by atoms with E-state index >= 15 is 0 Å². The Morgan fingerprint density at radius 3 is 2.09 bits per heavy atom. The summed E-state index contributed by atoms with van der Waals surface area (Å²) in [4.78, 5) is 52.6. The molecule has 0 aromatic heterocycles. The fourth-order valence-electron chi connectivity index (χ4n) is 4.75. The van der Waals surface area contributed by atoms with Crippen LogP contribution in [0.25, 0.3) is 0 Å². The second-order valence-electron chi connectivity index (χ2n) is 9.23. The van der Waals surface area contributed by atoms with Crippen LogP contribution in [0.4, 0.5) is 0 Å². The van der Waals surface area contributed by atoms with Crippen molar-refractivity contribution in [3.63, 3.8) is 0 Å². The van der Waals surface area contributed by atoms with Crippen LogP contribution in [0.1, 0.15) is 63.2 Å². The monoisotopic (exact) mass is 488 g/mol. The SMILES string of the molecule is CCOC(=O)C1CCN(C(=O)COC(=O)c2ccc(OCC(=O)N3C(C)CCCC3C)cc2)CC1. The summed E-state index contributed by atoms with van der Waals surface area (Å²) in [5, 5.41) is 0. The summed E-state index contributed by atoms with van der Waals surface area (Å²) in [6.45, 7) is 6.68. The molecule has 35 heavy (non-hydrogen) atoms. The van der Waals surface area contributed by atoms with Gasteiger partial charge in [0.2, 0.25) is 0 Å². The first kappa shape index (κ1) is 26.5. The number of benzene rings is 1. The minimum atomic E-state index is -0.613. The molecule has 2 atom stereocenters. The molecule has 2 saturated heterocycles. The number of nitrogens with zero attached hydrogens (tertiary/aromatic N) is 2. The summed E-state index contributed by atoms with van der Waals surface area (Å²) in [5.74, 6) is -0.882. The molecule has 3 rings (SSSR count). The Balaban J connectivity index is 1.41. The molecule has 0 aliphatic carbocycles. The van der Waals surface area contributed by atoms with Crippen LogP contribution >= 0.6 is 0 Å². The maximum Gasteiger partial charge on any atom is 0.338 e. The first-order valence-electron chi connectivity index (χ1n) is 12.5. The molecule has 9 heteroatoms. The summed E-state index contributed by atoms with van der Waals surface area (Å²) in [7, 11) is 0. The van der Waals surface area contributed by atoms with Crippen molar-refractivity contribution >= 4 is 23.8 Å². The molecule has 0 bridgehead atoms. The van der Waals surface area contributed by atoms with E-state index in [1.165, 1.54) is 0 Å². The summed E-state index contributed by atoms with van der Waals surface area (Å²) in [6.07, 6.45) is 4.21. The van der Waals surface area contributed by atoms with E-state index in [2.05, 4.69) is 13.8 Å². The molecular formula is C26H36N2O7. The van der Waals surface area contributed by atoms with E-state index < -0.39 is 5.97 Å². The van der Waals surface area contributed by atoms with E-state index in [-0.39, 0.29) is 54.6 Å². The third kappa shape index (κ3) is 7.19. The number of piperidine rings is 2. The summed E-state index contributed by atoms with van der Waals surface area (Å²) in [5.41, 5.74) is 0.288. The minimum Gasteiger partial charge on any atom is -0.484 e. The number of amides is 2. The number of ether oxygens (including phenoxy) is 3. The second kappa shape index (κ2) is 12.6. The van der Waals surface area contributed by atoms with Crippen molar-refractivity contribution in [3.05, 3.63) is 29.8 Å². The van der Waals surface area contributed by atoms with E-state index in [9.17, 15) is 19.2 Å². The molecule has 1 aromatic carbocycles. The lowest BCUT2D eigenvalue weighted by Gasteiger charge is -2.38. The van der Waals surface area contributed by atoms with Crippen molar-refractivity contribution in [2.24, 2.45) is 5.92 Å². The second-order valence-corrected chi connectivity index (χ2v) is 9.23. The van der Waals surface area contributed by atoms with Crippen LogP contribution in [0.2, 0.25) is 0 Å².